The van der Waals surface area contributed by atoms with Crippen LogP contribution in [0, 0.1) is 11.8 Å². The lowest BCUT2D eigenvalue weighted by Gasteiger charge is -2.32. The van der Waals surface area contributed by atoms with Gasteiger partial charge in [-0.25, -0.2) is 0 Å². The topological polar surface area (TPSA) is 35.2 Å². The molecule has 2 N–H and O–H groups in total. The number of ether oxygens (including phenoxy) is 1. The maximum Gasteiger partial charge on any atom is 0.0740 e. The molecule has 1 aromatic carbocycles. The predicted molar refractivity (Wildman–Crippen MR) is 79.3 cm³/mol. The second-order valence-corrected chi connectivity index (χ2v) is 6.46. The highest BCUT2D eigenvalue weighted by molar-refractivity contribution is 9.10. The van der Waals surface area contributed by atoms with E-state index in [9.17, 15) is 0 Å². The second kappa shape index (κ2) is 6.07. The fourth-order valence-corrected chi connectivity index (χ4v) is 2.93. The van der Waals surface area contributed by atoms with Crippen LogP contribution >= 0.6 is 15.9 Å². The van der Waals surface area contributed by atoms with E-state index in [0.717, 1.165) is 27.6 Å². The van der Waals surface area contributed by atoms with Gasteiger partial charge in [0.05, 0.1) is 12.7 Å². The average molecular weight is 312 g/mol. The third-order valence-electron chi connectivity index (χ3n) is 4.13. The van der Waals surface area contributed by atoms with E-state index >= 15 is 0 Å². The highest BCUT2D eigenvalue weighted by Crippen LogP contribution is 2.31. The molecule has 18 heavy (non-hydrogen) atoms. The molecule has 3 heteroatoms. The van der Waals surface area contributed by atoms with E-state index in [2.05, 4.69) is 29.8 Å². The quantitative estimate of drug-likeness (QED) is 0.841. The van der Waals surface area contributed by atoms with Crippen molar-refractivity contribution in [2.24, 2.45) is 11.8 Å². The summed E-state index contributed by atoms with van der Waals surface area (Å²) in [6.45, 7) is 5.30. The van der Waals surface area contributed by atoms with Crippen LogP contribution in [-0.4, -0.2) is 6.10 Å². The Kier molecular flexibility index (Phi) is 4.68. The molecule has 0 radical (unpaired) electrons. The van der Waals surface area contributed by atoms with Gasteiger partial charge in [0, 0.05) is 15.7 Å². The fourth-order valence-electron chi connectivity index (χ4n) is 2.55. The van der Waals surface area contributed by atoms with Crippen LogP contribution < -0.4 is 5.73 Å². The highest BCUT2D eigenvalue weighted by Gasteiger charge is 2.24. The van der Waals surface area contributed by atoms with Crippen LogP contribution in [0.5, 0.6) is 0 Å². The Morgan fingerprint density at radius 2 is 2.06 bits per heavy atom. The molecule has 0 aromatic heterocycles. The third-order valence-corrected chi connectivity index (χ3v) is 4.63. The molecule has 0 bridgehead atoms. The Balaban J connectivity index is 1.88. The molecule has 1 fully saturated rings. The summed E-state index contributed by atoms with van der Waals surface area (Å²) in [4.78, 5) is 0. The van der Waals surface area contributed by atoms with Crippen molar-refractivity contribution in [2.45, 2.75) is 45.8 Å². The number of benzene rings is 1. The van der Waals surface area contributed by atoms with E-state index in [4.69, 9.17) is 10.5 Å². The Morgan fingerprint density at radius 3 is 2.72 bits per heavy atom. The molecule has 100 valence electrons. The first-order chi connectivity index (χ1) is 8.56. The lowest BCUT2D eigenvalue weighted by atomic mass is 9.80. The van der Waals surface area contributed by atoms with Gasteiger partial charge in [-0.1, -0.05) is 35.8 Å². The summed E-state index contributed by atoms with van der Waals surface area (Å²) in [6, 6.07) is 5.99. The Morgan fingerprint density at radius 1 is 1.28 bits per heavy atom. The zero-order valence-corrected chi connectivity index (χ0v) is 12.7. The van der Waals surface area contributed by atoms with Crippen LogP contribution in [0.3, 0.4) is 0 Å². The van der Waals surface area contributed by atoms with Crippen LogP contribution in [0.1, 0.15) is 38.7 Å². The van der Waals surface area contributed by atoms with Gasteiger partial charge in [0.25, 0.3) is 0 Å². The number of hydrogen-bond donors (Lipinski definition) is 1. The van der Waals surface area contributed by atoms with Crippen LogP contribution in [0.2, 0.25) is 0 Å². The lowest BCUT2D eigenvalue weighted by molar-refractivity contribution is -0.00722. The zero-order chi connectivity index (χ0) is 13.1. The van der Waals surface area contributed by atoms with Gasteiger partial charge in [-0.2, -0.15) is 0 Å². The minimum absolute atomic E-state index is 0.402. The normalized spacial score (nSPS) is 28.3. The fraction of sp³-hybridized carbons (Fsp3) is 0.600. The van der Waals surface area contributed by atoms with Crippen LogP contribution in [0.25, 0.3) is 0 Å². The lowest BCUT2D eigenvalue weighted by Crippen LogP contribution is -2.26. The van der Waals surface area contributed by atoms with Crippen molar-refractivity contribution in [1.29, 1.82) is 0 Å². The van der Waals surface area contributed by atoms with Gasteiger partial charge in [0.15, 0.2) is 0 Å². The van der Waals surface area contributed by atoms with Crippen LogP contribution in [0.15, 0.2) is 22.7 Å². The van der Waals surface area contributed by atoms with Crippen LogP contribution in [0.4, 0.5) is 5.69 Å². The number of nitrogens with two attached hydrogens (primary N) is 1. The van der Waals surface area contributed by atoms with Gasteiger partial charge in [0.1, 0.15) is 0 Å². The SMILES string of the molecule is CC1CCC(OCc2ccc(Br)cc2N)CC1C. The molecule has 2 rings (SSSR count). The van der Waals surface area contributed by atoms with Crippen molar-refractivity contribution in [3.8, 4) is 0 Å². The molecule has 3 unspecified atom stereocenters. The molecule has 0 saturated heterocycles. The first-order valence-electron chi connectivity index (χ1n) is 6.71. The Bertz CT molecular complexity index is 407. The summed E-state index contributed by atoms with van der Waals surface area (Å²) in [6.07, 6.45) is 4.04. The van der Waals surface area contributed by atoms with Gasteiger partial charge < -0.3 is 10.5 Å². The first kappa shape index (κ1) is 13.9. The first-order valence-corrected chi connectivity index (χ1v) is 7.51. The van der Waals surface area contributed by atoms with E-state index in [1.54, 1.807) is 0 Å². The van der Waals surface area contributed by atoms with E-state index < -0.39 is 0 Å². The van der Waals surface area contributed by atoms with Crippen molar-refractivity contribution in [1.82, 2.24) is 0 Å². The molecule has 0 amide bonds. The molecular formula is C15H22BrNO. The average Bonchev–Trinajstić information content (AvgIpc) is 2.32. The maximum atomic E-state index is 6.01. The highest BCUT2D eigenvalue weighted by atomic mass is 79.9. The van der Waals surface area contributed by atoms with Crippen LogP contribution in [-0.2, 0) is 11.3 Å². The van der Waals surface area contributed by atoms with E-state index in [1.807, 2.05) is 18.2 Å². The number of halogens is 1. The van der Waals surface area contributed by atoms with E-state index in [-0.39, 0.29) is 0 Å². The zero-order valence-electron chi connectivity index (χ0n) is 11.2. The molecule has 1 aliphatic carbocycles. The van der Waals surface area contributed by atoms with Gasteiger partial charge in [-0.15, -0.1) is 0 Å². The number of rotatable bonds is 3. The third kappa shape index (κ3) is 3.48. The number of anilines is 1. The number of nitrogen functional groups attached to an aromatic ring is 1. The van der Waals surface area contributed by atoms with Crippen molar-refractivity contribution in [2.75, 3.05) is 5.73 Å². The molecule has 0 spiro atoms. The van der Waals surface area contributed by atoms with Crippen molar-refractivity contribution in [3.05, 3.63) is 28.2 Å². The van der Waals surface area contributed by atoms with E-state index in [0.29, 0.717) is 12.7 Å². The minimum Gasteiger partial charge on any atom is -0.398 e. The monoisotopic (exact) mass is 311 g/mol. The maximum absolute atomic E-state index is 6.01. The second-order valence-electron chi connectivity index (χ2n) is 5.54. The molecule has 1 saturated carbocycles. The summed E-state index contributed by atoms with van der Waals surface area (Å²) >= 11 is 3.42. The van der Waals surface area contributed by atoms with Gasteiger partial charge in [-0.3, -0.25) is 0 Å². The summed E-state index contributed by atoms with van der Waals surface area (Å²) < 4.78 is 7.03. The largest absolute Gasteiger partial charge is 0.398 e. The molecule has 3 atom stereocenters. The van der Waals surface area contributed by atoms with Gasteiger partial charge in [-0.05, 0) is 43.2 Å². The molecule has 0 heterocycles. The van der Waals surface area contributed by atoms with Crippen molar-refractivity contribution in [3.63, 3.8) is 0 Å². The molecular weight excluding hydrogens is 290 g/mol. The molecule has 2 nitrogen and oxygen atoms in total. The molecule has 1 aliphatic rings. The Labute approximate surface area is 118 Å². The molecule has 0 aliphatic heterocycles. The summed E-state index contributed by atoms with van der Waals surface area (Å²) in [5.41, 5.74) is 7.87. The summed E-state index contributed by atoms with van der Waals surface area (Å²) in [5.74, 6) is 1.61. The molecule has 1 aromatic rings. The van der Waals surface area contributed by atoms with Gasteiger partial charge >= 0.3 is 0 Å². The summed E-state index contributed by atoms with van der Waals surface area (Å²) in [5, 5.41) is 0. The van der Waals surface area contributed by atoms with E-state index in [1.165, 1.54) is 19.3 Å². The standard InChI is InChI=1S/C15H22BrNO/c1-10-3-6-14(7-11(10)2)18-9-12-4-5-13(16)8-15(12)17/h4-5,8,10-11,14H,3,6-7,9,17H2,1-2H3. The van der Waals surface area contributed by atoms with Crippen molar-refractivity contribution < 1.29 is 4.74 Å². The predicted octanol–water partition coefficient (Wildman–Crippen LogP) is 4.37. The number of hydrogen-bond acceptors (Lipinski definition) is 2. The van der Waals surface area contributed by atoms with Crippen molar-refractivity contribution >= 4 is 21.6 Å². The smallest absolute Gasteiger partial charge is 0.0740 e. The van der Waals surface area contributed by atoms with Gasteiger partial charge in [0.2, 0.25) is 0 Å². The minimum atomic E-state index is 0.402. The summed E-state index contributed by atoms with van der Waals surface area (Å²) in [7, 11) is 0. The Hall–Kier alpha value is -0.540.